The first-order valence-corrected chi connectivity index (χ1v) is 12.3. The fraction of sp³-hybridized carbons (Fsp3) is 0.346. The van der Waals surface area contributed by atoms with Gasteiger partial charge in [-0.05, 0) is 73.8 Å². The number of aromatic nitrogens is 2. The van der Waals surface area contributed by atoms with E-state index in [1.807, 2.05) is 25.2 Å². The van der Waals surface area contributed by atoms with Gasteiger partial charge in [0.1, 0.15) is 12.4 Å². The molecular formula is C26H30ClN5O4. The molecule has 190 valence electrons. The van der Waals surface area contributed by atoms with Crippen molar-refractivity contribution in [3.8, 4) is 17.0 Å². The number of hydrogen-bond donors (Lipinski definition) is 3. The molecule has 9 nitrogen and oxygen atoms in total. The number of urea groups is 1. The lowest BCUT2D eigenvalue weighted by molar-refractivity contribution is -0.138. The highest BCUT2D eigenvalue weighted by molar-refractivity contribution is 6.30. The highest BCUT2D eigenvalue weighted by Crippen LogP contribution is 2.32. The SMILES string of the molecule is Cn1nccc1-c1cc(NC(=O)Nc2ccc(Cl)cc2)ccc1OCCN1CCCC(CC(=O)O)C1. The standard InChI is InChI=1S/C26H30ClN5O4/c1-31-23(10-11-28-31)22-16-21(30-26(35)29-20-6-4-19(27)5-7-20)8-9-24(22)36-14-13-32-12-2-3-18(17-32)15-25(33)34/h4-11,16,18H,2-3,12-15,17H2,1H3,(H,33,34)(H2,29,30,35). The van der Waals surface area contributed by atoms with Crippen LogP contribution in [0.2, 0.25) is 5.02 Å². The van der Waals surface area contributed by atoms with E-state index in [2.05, 4.69) is 20.6 Å². The summed E-state index contributed by atoms with van der Waals surface area (Å²) in [4.78, 5) is 25.8. The number of anilines is 2. The minimum atomic E-state index is -0.741. The smallest absolute Gasteiger partial charge is 0.323 e. The zero-order valence-corrected chi connectivity index (χ0v) is 20.9. The molecule has 0 spiro atoms. The van der Waals surface area contributed by atoms with Crippen LogP contribution in [0, 0.1) is 5.92 Å². The molecule has 2 amide bonds. The summed E-state index contributed by atoms with van der Waals surface area (Å²) in [6.45, 7) is 2.90. The molecule has 1 unspecified atom stereocenters. The summed E-state index contributed by atoms with van der Waals surface area (Å²) in [6.07, 6.45) is 3.87. The topological polar surface area (TPSA) is 109 Å². The first-order chi connectivity index (χ1) is 17.4. The molecule has 0 bridgehead atoms. The van der Waals surface area contributed by atoms with Crippen LogP contribution in [0.4, 0.5) is 16.2 Å². The Morgan fingerprint density at radius 1 is 1.14 bits per heavy atom. The van der Waals surface area contributed by atoms with Gasteiger partial charge < -0.3 is 20.5 Å². The Labute approximate surface area is 215 Å². The van der Waals surface area contributed by atoms with Gasteiger partial charge in [-0.3, -0.25) is 14.4 Å². The summed E-state index contributed by atoms with van der Waals surface area (Å²) >= 11 is 5.91. The second kappa shape index (κ2) is 11.9. The van der Waals surface area contributed by atoms with Crippen molar-refractivity contribution in [3.63, 3.8) is 0 Å². The van der Waals surface area contributed by atoms with Crippen LogP contribution in [0.3, 0.4) is 0 Å². The van der Waals surface area contributed by atoms with E-state index in [-0.39, 0.29) is 18.4 Å². The van der Waals surface area contributed by atoms with E-state index in [1.165, 1.54) is 0 Å². The Morgan fingerprint density at radius 2 is 1.89 bits per heavy atom. The van der Waals surface area contributed by atoms with Crippen LogP contribution in [0.1, 0.15) is 19.3 Å². The van der Waals surface area contributed by atoms with Crippen molar-refractivity contribution in [1.82, 2.24) is 14.7 Å². The van der Waals surface area contributed by atoms with Gasteiger partial charge in [-0.1, -0.05) is 11.6 Å². The number of amides is 2. The van der Waals surface area contributed by atoms with Crippen LogP contribution >= 0.6 is 11.6 Å². The van der Waals surface area contributed by atoms with E-state index in [0.29, 0.717) is 35.3 Å². The summed E-state index contributed by atoms with van der Waals surface area (Å²) in [5.41, 5.74) is 2.90. The molecule has 1 fully saturated rings. The number of benzene rings is 2. The molecular weight excluding hydrogens is 482 g/mol. The number of nitrogens with zero attached hydrogens (tertiary/aromatic N) is 3. The summed E-state index contributed by atoms with van der Waals surface area (Å²) in [7, 11) is 1.85. The molecule has 1 aromatic heterocycles. The molecule has 2 heterocycles. The van der Waals surface area contributed by atoms with Crippen LogP contribution in [0.15, 0.2) is 54.7 Å². The zero-order chi connectivity index (χ0) is 25.5. The maximum Gasteiger partial charge on any atom is 0.323 e. The number of aryl methyl sites for hydroxylation is 1. The third-order valence-corrected chi connectivity index (χ3v) is 6.42. The van der Waals surface area contributed by atoms with Crippen molar-refractivity contribution in [2.45, 2.75) is 19.3 Å². The lowest BCUT2D eigenvalue weighted by atomic mass is 9.95. The van der Waals surface area contributed by atoms with Crippen LogP contribution in [0.25, 0.3) is 11.3 Å². The average Bonchev–Trinajstić information content (AvgIpc) is 3.27. The largest absolute Gasteiger partial charge is 0.492 e. The minimum Gasteiger partial charge on any atom is -0.492 e. The second-order valence-corrected chi connectivity index (χ2v) is 9.33. The predicted octanol–water partition coefficient (Wildman–Crippen LogP) is 4.95. The molecule has 36 heavy (non-hydrogen) atoms. The number of halogens is 1. The molecule has 2 aromatic carbocycles. The maximum absolute atomic E-state index is 12.5. The van der Waals surface area contributed by atoms with Gasteiger partial charge in [-0.15, -0.1) is 0 Å². The summed E-state index contributed by atoms with van der Waals surface area (Å²) in [5.74, 6) is 0.126. The monoisotopic (exact) mass is 511 g/mol. The van der Waals surface area contributed by atoms with Gasteiger partial charge in [0.15, 0.2) is 0 Å². The number of nitrogens with one attached hydrogen (secondary N) is 2. The quantitative estimate of drug-likeness (QED) is 0.375. The van der Waals surface area contributed by atoms with Crippen molar-refractivity contribution < 1.29 is 19.4 Å². The minimum absolute atomic E-state index is 0.186. The average molecular weight is 512 g/mol. The van der Waals surface area contributed by atoms with Crippen molar-refractivity contribution in [2.75, 3.05) is 36.9 Å². The Morgan fingerprint density at radius 3 is 2.61 bits per heavy atom. The predicted molar refractivity (Wildman–Crippen MR) is 140 cm³/mol. The first kappa shape index (κ1) is 25.5. The van der Waals surface area contributed by atoms with E-state index in [4.69, 9.17) is 21.4 Å². The van der Waals surface area contributed by atoms with Crippen LogP contribution in [-0.4, -0.2) is 58.0 Å². The number of carboxylic acid groups (broad SMARTS) is 1. The Bertz CT molecular complexity index is 1200. The number of likely N-dealkylation sites (tertiary alicyclic amines) is 1. The fourth-order valence-corrected chi connectivity index (χ4v) is 4.58. The molecule has 0 aliphatic carbocycles. The van der Waals surface area contributed by atoms with E-state index < -0.39 is 5.97 Å². The lowest BCUT2D eigenvalue weighted by Crippen LogP contribution is -2.38. The lowest BCUT2D eigenvalue weighted by Gasteiger charge is -2.31. The molecule has 10 heteroatoms. The number of piperidine rings is 1. The van der Waals surface area contributed by atoms with Gasteiger partial charge in [0.05, 0.1) is 5.69 Å². The Hall–Kier alpha value is -3.56. The number of ether oxygens (including phenoxy) is 1. The number of carboxylic acids is 1. The molecule has 0 radical (unpaired) electrons. The van der Waals surface area contributed by atoms with Crippen LogP contribution in [0.5, 0.6) is 5.75 Å². The van der Waals surface area contributed by atoms with Gasteiger partial charge in [-0.2, -0.15) is 5.10 Å². The molecule has 1 saturated heterocycles. The van der Waals surface area contributed by atoms with Gasteiger partial charge >= 0.3 is 12.0 Å². The fourth-order valence-electron chi connectivity index (χ4n) is 4.45. The van der Waals surface area contributed by atoms with Gasteiger partial charge in [0.25, 0.3) is 0 Å². The van der Waals surface area contributed by atoms with Gasteiger partial charge in [0, 0.05) is 54.7 Å². The van der Waals surface area contributed by atoms with E-state index in [1.54, 1.807) is 41.2 Å². The highest BCUT2D eigenvalue weighted by Gasteiger charge is 2.22. The third-order valence-electron chi connectivity index (χ3n) is 6.17. The van der Waals surface area contributed by atoms with Crippen molar-refractivity contribution in [3.05, 3.63) is 59.8 Å². The number of rotatable bonds is 9. The number of carbonyl (C=O) groups is 2. The highest BCUT2D eigenvalue weighted by atomic mass is 35.5. The van der Waals surface area contributed by atoms with Crippen molar-refractivity contribution >= 4 is 35.0 Å². The maximum atomic E-state index is 12.5. The van der Waals surface area contributed by atoms with E-state index in [0.717, 1.165) is 37.2 Å². The summed E-state index contributed by atoms with van der Waals surface area (Å²) in [5, 5.41) is 19.6. The normalized spacial score (nSPS) is 15.9. The number of aliphatic carboxylic acids is 1. The molecule has 3 N–H and O–H groups in total. The third kappa shape index (κ3) is 6.99. The molecule has 4 rings (SSSR count). The van der Waals surface area contributed by atoms with Gasteiger partial charge in [0.2, 0.25) is 0 Å². The van der Waals surface area contributed by atoms with E-state index >= 15 is 0 Å². The second-order valence-electron chi connectivity index (χ2n) is 8.89. The van der Waals surface area contributed by atoms with Crippen LogP contribution in [-0.2, 0) is 11.8 Å². The molecule has 1 atom stereocenters. The Kier molecular flexibility index (Phi) is 8.45. The molecule has 1 aliphatic heterocycles. The Balaban J connectivity index is 1.41. The zero-order valence-electron chi connectivity index (χ0n) is 20.1. The van der Waals surface area contributed by atoms with Gasteiger partial charge in [-0.25, -0.2) is 4.79 Å². The molecule has 3 aromatic rings. The number of carbonyl (C=O) groups excluding carboxylic acids is 1. The molecule has 1 aliphatic rings. The number of hydrogen-bond acceptors (Lipinski definition) is 5. The van der Waals surface area contributed by atoms with Crippen LogP contribution < -0.4 is 15.4 Å². The van der Waals surface area contributed by atoms with Crippen molar-refractivity contribution in [1.29, 1.82) is 0 Å². The summed E-state index contributed by atoms with van der Waals surface area (Å²) in [6, 6.07) is 13.9. The van der Waals surface area contributed by atoms with E-state index in [9.17, 15) is 9.59 Å². The van der Waals surface area contributed by atoms with Crippen molar-refractivity contribution in [2.24, 2.45) is 13.0 Å². The first-order valence-electron chi connectivity index (χ1n) is 11.9. The summed E-state index contributed by atoms with van der Waals surface area (Å²) < 4.78 is 7.91. The molecule has 0 saturated carbocycles.